The Balaban J connectivity index is 1.79. The number of amides is 2. The van der Waals surface area contributed by atoms with E-state index in [-0.39, 0.29) is 17.9 Å². The van der Waals surface area contributed by atoms with Gasteiger partial charge in [0.25, 0.3) is 5.91 Å². The highest BCUT2D eigenvalue weighted by Gasteiger charge is 2.47. The van der Waals surface area contributed by atoms with Gasteiger partial charge >= 0.3 is 0 Å². The van der Waals surface area contributed by atoms with Gasteiger partial charge in [-0.1, -0.05) is 12.1 Å². The van der Waals surface area contributed by atoms with Crippen molar-refractivity contribution in [3.63, 3.8) is 0 Å². The molecule has 2 aromatic carbocycles. The largest absolute Gasteiger partial charge is 0.494 e. The zero-order chi connectivity index (χ0) is 26.9. The molecule has 0 N–H and O–H groups in total. The molecule has 0 radical (unpaired) electrons. The van der Waals surface area contributed by atoms with Gasteiger partial charge in [0.15, 0.2) is 0 Å². The molecule has 0 spiro atoms. The van der Waals surface area contributed by atoms with Crippen molar-refractivity contribution in [2.45, 2.75) is 58.5 Å². The lowest BCUT2D eigenvalue weighted by molar-refractivity contribution is -0.122. The maximum absolute atomic E-state index is 14.3. The van der Waals surface area contributed by atoms with E-state index in [1.807, 2.05) is 26.8 Å². The second-order valence-corrected chi connectivity index (χ2v) is 11.0. The average molecular weight is 522 g/mol. The third kappa shape index (κ3) is 5.01. The minimum Gasteiger partial charge on any atom is -0.494 e. The van der Waals surface area contributed by atoms with Crippen LogP contribution < -0.4 is 9.64 Å². The van der Waals surface area contributed by atoms with Crippen molar-refractivity contribution in [1.29, 1.82) is 0 Å². The Hall–Kier alpha value is -3.56. The number of hydrogen-bond acceptors (Lipinski definition) is 6. The van der Waals surface area contributed by atoms with Gasteiger partial charge in [0.1, 0.15) is 11.8 Å². The molecular formula is C28H31N3O5S. The number of pyridine rings is 1. The van der Waals surface area contributed by atoms with E-state index in [9.17, 15) is 18.0 Å². The van der Waals surface area contributed by atoms with Gasteiger partial charge in [0.05, 0.1) is 23.6 Å². The first kappa shape index (κ1) is 26.5. The van der Waals surface area contributed by atoms with Gasteiger partial charge in [0, 0.05) is 18.9 Å². The lowest BCUT2D eigenvalue weighted by atomic mass is 10.0. The number of nitrogens with zero attached hydrogens (tertiary/aromatic N) is 3. The van der Waals surface area contributed by atoms with Gasteiger partial charge in [-0.2, -0.15) is 4.31 Å². The van der Waals surface area contributed by atoms with Crippen molar-refractivity contribution in [1.82, 2.24) is 9.29 Å². The van der Waals surface area contributed by atoms with E-state index in [0.717, 1.165) is 20.3 Å². The van der Waals surface area contributed by atoms with Crippen molar-refractivity contribution in [3.05, 3.63) is 82.7 Å². The van der Waals surface area contributed by atoms with E-state index in [0.29, 0.717) is 34.7 Å². The number of aromatic nitrogens is 1. The van der Waals surface area contributed by atoms with Crippen LogP contribution >= 0.6 is 0 Å². The van der Waals surface area contributed by atoms with Crippen LogP contribution in [-0.2, 0) is 26.2 Å². The molecule has 194 valence electrons. The second-order valence-electron chi connectivity index (χ2n) is 9.22. The number of aryl methyl sites for hydroxylation is 2. The van der Waals surface area contributed by atoms with Crippen molar-refractivity contribution >= 4 is 27.5 Å². The Morgan fingerprint density at radius 3 is 2.24 bits per heavy atom. The highest BCUT2D eigenvalue weighted by molar-refractivity contribution is 7.89. The number of imide groups is 1. The minimum atomic E-state index is -4.18. The van der Waals surface area contributed by atoms with E-state index >= 15 is 0 Å². The molecule has 1 aliphatic heterocycles. The maximum atomic E-state index is 14.3. The van der Waals surface area contributed by atoms with Gasteiger partial charge < -0.3 is 4.74 Å². The Morgan fingerprint density at radius 2 is 1.68 bits per heavy atom. The molecule has 2 amide bonds. The molecule has 0 bridgehead atoms. The first-order valence-electron chi connectivity index (χ1n) is 12.1. The summed E-state index contributed by atoms with van der Waals surface area (Å²) in [6.07, 6.45) is 2.90. The minimum absolute atomic E-state index is 0.0944. The van der Waals surface area contributed by atoms with Crippen molar-refractivity contribution in [2.24, 2.45) is 0 Å². The molecule has 9 heteroatoms. The Bertz CT molecular complexity index is 1410. The Kier molecular flexibility index (Phi) is 7.47. The maximum Gasteiger partial charge on any atom is 0.252 e. The molecule has 4 rings (SSSR count). The summed E-state index contributed by atoms with van der Waals surface area (Å²) in [5, 5.41) is 0. The molecule has 0 saturated carbocycles. The lowest BCUT2D eigenvalue weighted by Gasteiger charge is -2.29. The van der Waals surface area contributed by atoms with Crippen LogP contribution in [0.5, 0.6) is 5.75 Å². The molecule has 37 heavy (non-hydrogen) atoms. The summed E-state index contributed by atoms with van der Waals surface area (Å²) in [5.74, 6) is -0.427. The molecule has 1 fully saturated rings. The SMILES string of the molecule is CCOc1ccc(N2C(=O)CC(N(Cc3cccnc3)S(=O)(=O)c3c(C)c(C)cc(C)c3C)C2=O)cc1. The highest BCUT2D eigenvalue weighted by Crippen LogP contribution is 2.34. The van der Waals surface area contributed by atoms with Gasteiger partial charge in [-0.25, -0.2) is 13.3 Å². The fourth-order valence-corrected chi connectivity index (χ4v) is 6.84. The predicted molar refractivity (Wildman–Crippen MR) is 141 cm³/mol. The number of carbonyl (C=O) groups is 2. The summed E-state index contributed by atoms with van der Waals surface area (Å²) in [6, 6.07) is 10.8. The predicted octanol–water partition coefficient (Wildman–Crippen LogP) is 4.24. The Morgan fingerprint density at radius 1 is 1.03 bits per heavy atom. The van der Waals surface area contributed by atoms with E-state index in [2.05, 4.69) is 4.98 Å². The van der Waals surface area contributed by atoms with Gasteiger partial charge in [-0.15, -0.1) is 0 Å². The summed E-state index contributed by atoms with van der Waals surface area (Å²) in [7, 11) is -4.18. The summed E-state index contributed by atoms with van der Waals surface area (Å²) in [6.45, 7) is 9.52. The average Bonchev–Trinajstić information content (AvgIpc) is 3.16. The quantitative estimate of drug-likeness (QED) is 0.412. The highest BCUT2D eigenvalue weighted by atomic mass is 32.2. The van der Waals surface area contributed by atoms with Gasteiger partial charge in [-0.05, 0) is 92.8 Å². The van der Waals surface area contributed by atoms with Crippen LogP contribution in [-0.4, -0.2) is 42.2 Å². The summed E-state index contributed by atoms with van der Waals surface area (Å²) >= 11 is 0. The molecular weight excluding hydrogens is 490 g/mol. The summed E-state index contributed by atoms with van der Waals surface area (Å²) in [5.41, 5.74) is 3.92. The van der Waals surface area contributed by atoms with E-state index in [1.54, 1.807) is 62.6 Å². The van der Waals surface area contributed by atoms with Crippen LogP contribution in [0, 0.1) is 27.7 Å². The molecule has 1 aliphatic rings. The summed E-state index contributed by atoms with van der Waals surface area (Å²) in [4.78, 5) is 32.1. The standard InChI is InChI=1S/C28H31N3O5S/c1-6-36-24-11-9-23(10-12-24)31-26(32)15-25(28(31)33)30(17-22-8-7-13-29-16-22)37(34,35)27-20(4)18(2)14-19(3)21(27)5/h7-14,16,25H,6,15,17H2,1-5H3. The van der Waals surface area contributed by atoms with Crippen LogP contribution in [0.15, 0.2) is 59.8 Å². The van der Waals surface area contributed by atoms with Crippen LogP contribution in [0.2, 0.25) is 0 Å². The summed E-state index contributed by atoms with van der Waals surface area (Å²) < 4.78 is 35.2. The topological polar surface area (TPSA) is 96.9 Å². The van der Waals surface area contributed by atoms with Crippen molar-refractivity contribution in [3.8, 4) is 5.75 Å². The first-order chi connectivity index (χ1) is 17.6. The fraction of sp³-hybridized carbons (Fsp3) is 0.321. The lowest BCUT2D eigenvalue weighted by Crippen LogP contribution is -2.45. The molecule has 1 unspecified atom stereocenters. The molecule has 2 heterocycles. The van der Waals surface area contributed by atoms with Gasteiger partial charge in [0.2, 0.25) is 15.9 Å². The van der Waals surface area contributed by atoms with Crippen LogP contribution in [0.4, 0.5) is 5.69 Å². The zero-order valence-electron chi connectivity index (χ0n) is 21.7. The molecule has 8 nitrogen and oxygen atoms in total. The molecule has 3 aromatic rings. The number of anilines is 1. The van der Waals surface area contributed by atoms with Crippen molar-refractivity contribution in [2.75, 3.05) is 11.5 Å². The number of sulfonamides is 1. The fourth-order valence-electron chi connectivity index (χ4n) is 4.69. The molecule has 1 atom stereocenters. The first-order valence-corrected chi connectivity index (χ1v) is 13.6. The monoisotopic (exact) mass is 521 g/mol. The van der Waals surface area contributed by atoms with Crippen LogP contribution in [0.25, 0.3) is 0 Å². The Labute approximate surface area is 217 Å². The number of benzene rings is 2. The molecule has 1 aromatic heterocycles. The third-order valence-electron chi connectivity index (χ3n) is 6.80. The molecule has 0 aliphatic carbocycles. The number of carbonyl (C=O) groups excluding carboxylic acids is 2. The van der Waals surface area contributed by atoms with Gasteiger partial charge in [-0.3, -0.25) is 14.6 Å². The third-order valence-corrected chi connectivity index (χ3v) is 8.93. The smallest absolute Gasteiger partial charge is 0.252 e. The van der Waals surface area contributed by atoms with E-state index in [1.165, 1.54) is 0 Å². The second kappa shape index (κ2) is 10.4. The normalized spacial score (nSPS) is 16.1. The van der Waals surface area contributed by atoms with E-state index in [4.69, 9.17) is 4.74 Å². The van der Waals surface area contributed by atoms with Crippen LogP contribution in [0.1, 0.15) is 41.2 Å². The van der Waals surface area contributed by atoms with Crippen LogP contribution in [0.3, 0.4) is 0 Å². The zero-order valence-corrected chi connectivity index (χ0v) is 22.5. The van der Waals surface area contributed by atoms with E-state index < -0.39 is 27.9 Å². The number of hydrogen-bond donors (Lipinski definition) is 0. The number of ether oxygens (including phenoxy) is 1. The van der Waals surface area contributed by atoms with Crippen molar-refractivity contribution < 1.29 is 22.7 Å². The number of rotatable bonds is 8. The molecule has 1 saturated heterocycles.